The standard InChI is InChI=1S/C9H18N2O2.ClH/c1-2-13-8(12)9(11-10)6-4-3-5-7-9;/h11H,2-7,10H2,1H3;1H. The van der Waals surface area contributed by atoms with Crippen molar-refractivity contribution < 1.29 is 9.53 Å². The lowest BCUT2D eigenvalue weighted by atomic mass is 9.82. The van der Waals surface area contributed by atoms with E-state index in [1.807, 2.05) is 6.92 Å². The Kier molecular flexibility index (Phi) is 6.08. The minimum absolute atomic E-state index is 0. The van der Waals surface area contributed by atoms with Gasteiger partial charge in [-0.3, -0.25) is 5.84 Å². The number of ether oxygens (including phenoxy) is 1. The quantitative estimate of drug-likeness (QED) is 0.427. The van der Waals surface area contributed by atoms with Crippen molar-refractivity contribution in [3.8, 4) is 0 Å². The Balaban J connectivity index is 0.00000169. The number of nitrogens with two attached hydrogens (primary N) is 1. The molecule has 14 heavy (non-hydrogen) atoms. The van der Waals surface area contributed by atoms with E-state index in [4.69, 9.17) is 10.6 Å². The molecule has 1 aliphatic carbocycles. The van der Waals surface area contributed by atoms with Crippen LogP contribution in [0.25, 0.3) is 0 Å². The molecule has 1 aliphatic rings. The summed E-state index contributed by atoms with van der Waals surface area (Å²) >= 11 is 0. The van der Waals surface area contributed by atoms with Gasteiger partial charge in [0.1, 0.15) is 5.54 Å². The van der Waals surface area contributed by atoms with Crippen molar-refractivity contribution in [3.63, 3.8) is 0 Å². The molecule has 0 aromatic rings. The van der Waals surface area contributed by atoms with E-state index < -0.39 is 5.54 Å². The zero-order chi connectivity index (χ0) is 9.73. The first-order chi connectivity index (χ1) is 6.25. The molecule has 4 nitrogen and oxygen atoms in total. The van der Waals surface area contributed by atoms with Gasteiger partial charge in [-0.05, 0) is 19.8 Å². The molecule has 3 N–H and O–H groups in total. The normalized spacial score (nSPS) is 19.6. The van der Waals surface area contributed by atoms with E-state index >= 15 is 0 Å². The lowest BCUT2D eigenvalue weighted by molar-refractivity contribution is -0.152. The monoisotopic (exact) mass is 222 g/mol. The molecule has 84 valence electrons. The molecule has 0 amide bonds. The average molecular weight is 223 g/mol. The number of rotatable bonds is 3. The molecule has 0 radical (unpaired) electrons. The maximum Gasteiger partial charge on any atom is 0.327 e. The molecule has 0 aromatic carbocycles. The third-order valence-corrected chi connectivity index (χ3v) is 2.65. The van der Waals surface area contributed by atoms with Crippen molar-refractivity contribution in [2.75, 3.05) is 6.61 Å². The minimum atomic E-state index is -0.603. The van der Waals surface area contributed by atoms with Crippen LogP contribution in [0.5, 0.6) is 0 Å². The molecule has 0 saturated heterocycles. The van der Waals surface area contributed by atoms with E-state index in [9.17, 15) is 4.79 Å². The SMILES string of the molecule is CCOC(=O)C1(NN)CCCCC1.Cl. The molecule has 0 heterocycles. The Morgan fingerprint density at radius 3 is 2.43 bits per heavy atom. The second kappa shape index (κ2) is 6.22. The van der Waals surface area contributed by atoms with Crippen LogP contribution >= 0.6 is 12.4 Å². The summed E-state index contributed by atoms with van der Waals surface area (Å²) in [6, 6.07) is 0. The molecule has 1 fully saturated rings. The van der Waals surface area contributed by atoms with E-state index in [1.165, 1.54) is 6.42 Å². The predicted octanol–water partition coefficient (Wildman–Crippen LogP) is 1.14. The average Bonchev–Trinajstić information content (AvgIpc) is 2.19. The van der Waals surface area contributed by atoms with Crippen molar-refractivity contribution in [3.05, 3.63) is 0 Å². The van der Waals surface area contributed by atoms with Crippen molar-refractivity contribution >= 4 is 18.4 Å². The highest BCUT2D eigenvalue weighted by molar-refractivity contribution is 5.85. The zero-order valence-electron chi connectivity index (χ0n) is 8.54. The van der Waals surface area contributed by atoms with Crippen molar-refractivity contribution in [2.24, 2.45) is 5.84 Å². The third kappa shape index (κ3) is 2.83. The Hall–Kier alpha value is -0.320. The molecule has 1 saturated carbocycles. The van der Waals surface area contributed by atoms with Crippen LogP contribution < -0.4 is 11.3 Å². The van der Waals surface area contributed by atoms with Gasteiger partial charge < -0.3 is 4.74 Å². The molecular weight excluding hydrogens is 204 g/mol. The fraction of sp³-hybridized carbons (Fsp3) is 0.889. The predicted molar refractivity (Wildman–Crippen MR) is 57.0 cm³/mol. The van der Waals surface area contributed by atoms with Crippen LogP contribution in [-0.2, 0) is 9.53 Å². The number of hydrogen-bond donors (Lipinski definition) is 2. The van der Waals surface area contributed by atoms with Crippen LogP contribution in [0.15, 0.2) is 0 Å². The molecule has 1 rings (SSSR count). The summed E-state index contributed by atoms with van der Waals surface area (Å²) in [7, 11) is 0. The molecule has 0 aromatic heterocycles. The van der Waals surface area contributed by atoms with Gasteiger partial charge in [-0.2, -0.15) is 0 Å². The smallest absolute Gasteiger partial charge is 0.327 e. The van der Waals surface area contributed by atoms with E-state index in [0.29, 0.717) is 6.61 Å². The number of hydrazine groups is 1. The maximum atomic E-state index is 11.6. The van der Waals surface area contributed by atoms with E-state index in [2.05, 4.69) is 5.43 Å². The van der Waals surface area contributed by atoms with Gasteiger partial charge in [-0.1, -0.05) is 19.3 Å². The second-order valence-electron chi connectivity index (χ2n) is 3.51. The van der Waals surface area contributed by atoms with Crippen molar-refractivity contribution in [2.45, 2.75) is 44.6 Å². The summed E-state index contributed by atoms with van der Waals surface area (Å²) in [4.78, 5) is 11.6. The topological polar surface area (TPSA) is 64.3 Å². The van der Waals surface area contributed by atoms with E-state index in [0.717, 1.165) is 25.7 Å². The van der Waals surface area contributed by atoms with Crippen LogP contribution in [-0.4, -0.2) is 18.1 Å². The van der Waals surface area contributed by atoms with Crippen LogP contribution in [0.4, 0.5) is 0 Å². The third-order valence-electron chi connectivity index (χ3n) is 2.65. The van der Waals surface area contributed by atoms with Gasteiger partial charge in [-0.25, -0.2) is 10.2 Å². The van der Waals surface area contributed by atoms with Crippen molar-refractivity contribution in [1.29, 1.82) is 0 Å². The van der Waals surface area contributed by atoms with Gasteiger partial charge in [0.05, 0.1) is 6.61 Å². The van der Waals surface area contributed by atoms with E-state index in [1.54, 1.807) is 0 Å². The Bertz CT molecular complexity index is 182. The molecule has 0 atom stereocenters. The summed E-state index contributed by atoms with van der Waals surface area (Å²) in [5, 5.41) is 0. The van der Waals surface area contributed by atoms with Gasteiger partial charge in [-0.15, -0.1) is 12.4 Å². The van der Waals surface area contributed by atoms with Crippen LogP contribution in [0.2, 0.25) is 0 Å². The summed E-state index contributed by atoms with van der Waals surface area (Å²) in [5.74, 6) is 5.22. The number of halogens is 1. The number of carbonyl (C=O) groups excluding carboxylic acids is 1. The number of nitrogens with one attached hydrogen (secondary N) is 1. The van der Waals surface area contributed by atoms with Crippen LogP contribution in [0.3, 0.4) is 0 Å². The minimum Gasteiger partial charge on any atom is -0.465 e. The lowest BCUT2D eigenvalue weighted by Gasteiger charge is -2.33. The number of hydrogen-bond acceptors (Lipinski definition) is 4. The van der Waals surface area contributed by atoms with Crippen molar-refractivity contribution in [1.82, 2.24) is 5.43 Å². The van der Waals surface area contributed by atoms with Crippen LogP contribution in [0, 0.1) is 0 Å². The Morgan fingerprint density at radius 1 is 1.43 bits per heavy atom. The maximum absolute atomic E-state index is 11.6. The molecule has 0 bridgehead atoms. The summed E-state index contributed by atoms with van der Waals surface area (Å²) in [6.45, 7) is 2.23. The van der Waals surface area contributed by atoms with Gasteiger partial charge in [0.2, 0.25) is 0 Å². The fourth-order valence-electron chi connectivity index (χ4n) is 1.83. The molecule has 0 spiro atoms. The van der Waals surface area contributed by atoms with Gasteiger partial charge in [0.25, 0.3) is 0 Å². The Morgan fingerprint density at radius 2 is 2.00 bits per heavy atom. The largest absolute Gasteiger partial charge is 0.465 e. The number of esters is 1. The highest BCUT2D eigenvalue weighted by Gasteiger charge is 2.39. The molecule has 0 aliphatic heterocycles. The lowest BCUT2D eigenvalue weighted by Crippen LogP contribution is -2.57. The first kappa shape index (κ1) is 13.7. The van der Waals surface area contributed by atoms with Crippen LogP contribution in [0.1, 0.15) is 39.0 Å². The number of carbonyl (C=O) groups is 1. The summed E-state index contributed by atoms with van der Waals surface area (Å²) < 4.78 is 4.99. The van der Waals surface area contributed by atoms with E-state index in [-0.39, 0.29) is 18.4 Å². The van der Waals surface area contributed by atoms with Gasteiger partial charge in [0, 0.05) is 0 Å². The fourth-order valence-corrected chi connectivity index (χ4v) is 1.83. The molecule has 0 unspecified atom stereocenters. The molecule has 5 heteroatoms. The first-order valence-electron chi connectivity index (χ1n) is 4.90. The highest BCUT2D eigenvalue weighted by Crippen LogP contribution is 2.28. The summed E-state index contributed by atoms with van der Waals surface area (Å²) in [6.07, 6.45) is 4.86. The van der Waals surface area contributed by atoms with Gasteiger partial charge >= 0.3 is 5.97 Å². The molecular formula is C9H19ClN2O2. The summed E-state index contributed by atoms with van der Waals surface area (Å²) in [5.41, 5.74) is 2.02. The van der Waals surface area contributed by atoms with Gasteiger partial charge in [0.15, 0.2) is 0 Å². The highest BCUT2D eigenvalue weighted by atomic mass is 35.5. The zero-order valence-corrected chi connectivity index (χ0v) is 9.36. The Labute approximate surface area is 90.9 Å². The second-order valence-corrected chi connectivity index (χ2v) is 3.51. The first-order valence-corrected chi connectivity index (χ1v) is 4.90.